The topological polar surface area (TPSA) is 24.9 Å². The second-order valence-electron chi connectivity index (χ2n) is 5.59. The molecule has 0 spiro atoms. The Balaban J connectivity index is 1.52. The molecule has 1 heterocycles. The molecule has 1 aliphatic rings. The van der Waals surface area contributed by atoms with Crippen molar-refractivity contribution in [3.8, 4) is 0 Å². The lowest BCUT2D eigenvalue weighted by atomic mass is 9.75. The average molecular weight is 331 g/mol. The van der Waals surface area contributed by atoms with Crippen molar-refractivity contribution in [2.75, 3.05) is 0 Å². The third-order valence-electron chi connectivity index (χ3n) is 4.17. The third kappa shape index (κ3) is 3.10. The number of rotatable bonds is 4. The summed E-state index contributed by atoms with van der Waals surface area (Å²) in [4.78, 5) is 4.07. The summed E-state index contributed by atoms with van der Waals surface area (Å²) in [6.45, 7) is 2.22. The second kappa shape index (κ2) is 6.06. The summed E-state index contributed by atoms with van der Waals surface area (Å²) in [5.74, 6) is 0.713. The normalized spacial score (nSPS) is 23.1. The standard InChI is InChI=1S/C17H19BrN2/c1-12(13-6-8-19-9-7-13)20-17-10-15(11-17)14-2-4-16(18)5-3-14/h2-9,12,15,17,20H,10-11H2,1H3/t12-,15?,17?/m1/s1. The number of halogens is 1. The second-order valence-corrected chi connectivity index (χ2v) is 6.50. The first kappa shape index (κ1) is 13.8. The predicted molar refractivity (Wildman–Crippen MR) is 85.7 cm³/mol. The number of hydrogen-bond acceptors (Lipinski definition) is 2. The van der Waals surface area contributed by atoms with E-state index in [-0.39, 0.29) is 0 Å². The smallest absolute Gasteiger partial charge is 0.0295 e. The van der Waals surface area contributed by atoms with Gasteiger partial charge in [-0.3, -0.25) is 4.98 Å². The minimum absolute atomic E-state index is 0.397. The van der Waals surface area contributed by atoms with E-state index in [1.54, 1.807) is 0 Å². The van der Waals surface area contributed by atoms with E-state index in [0.29, 0.717) is 18.0 Å². The molecule has 1 aliphatic carbocycles. The number of aromatic nitrogens is 1. The summed E-state index contributed by atoms with van der Waals surface area (Å²) in [7, 11) is 0. The Morgan fingerprint density at radius 3 is 2.40 bits per heavy atom. The molecule has 1 saturated carbocycles. The molecule has 1 atom stereocenters. The molecule has 0 amide bonds. The van der Waals surface area contributed by atoms with Crippen LogP contribution in [0, 0.1) is 0 Å². The fourth-order valence-electron chi connectivity index (χ4n) is 2.86. The van der Waals surface area contributed by atoms with E-state index >= 15 is 0 Å². The van der Waals surface area contributed by atoms with Gasteiger partial charge in [-0.1, -0.05) is 28.1 Å². The summed E-state index contributed by atoms with van der Waals surface area (Å²) >= 11 is 3.49. The van der Waals surface area contributed by atoms with Gasteiger partial charge in [0.2, 0.25) is 0 Å². The Bertz CT molecular complexity index is 547. The van der Waals surface area contributed by atoms with Gasteiger partial charge in [0, 0.05) is 29.0 Å². The number of nitrogens with one attached hydrogen (secondary N) is 1. The van der Waals surface area contributed by atoms with Gasteiger partial charge in [0.1, 0.15) is 0 Å². The highest BCUT2D eigenvalue weighted by atomic mass is 79.9. The molecule has 20 heavy (non-hydrogen) atoms. The van der Waals surface area contributed by atoms with Crippen molar-refractivity contribution in [1.29, 1.82) is 0 Å². The Morgan fingerprint density at radius 2 is 1.75 bits per heavy atom. The minimum atomic E-state index is 0.397. The predicted octanol–water partition coefficient (Wildman–Crippen LogP) is 4.44. The van der Waals surface area contributed by atoms with Crippen LogP contribution in [0.1, 0.15) is 42.9 Å². The van der Waals surface area contributed by atoms with Gasteiger partial charge >= 0.3 is 0 Å². The van der Waals surface area contributed by atoms with Crippen LogP contribution in [0.25, 0.3) is 0 Å². The van der Waals surface area contributed by atoms with Gasteiger partial charge in [0.15, 0.2) is 0 Å². The zero-order valence-electron chi connectivity index (χ0n) is 11.6. The van der Waals surface area contributed by atoms with Crippen molar-refractivity contribution in [3.63, 3.8) is 0 Å². The van der Waals surface area contributed by atoms with Crippen LogP contribution in [0.3, 0.4) is 0 Å². The van der Waals surface area contributed by atoms with Gasteiger partial charge < -0.3 is 5.32 Å². The van der Waals surface area contributed by atoms with Crippen LogP contribution in [0.4, 0.5) is 0 Å². The van der Waals surface area contributed by atoms with E-state index in [1.807, 2.05) is 12.4 Å². The fraction of sp³-hybridized carbons (Fsp3) is 0.353. The van der Waals surface area contributed by atoms with Crippen molar-refractivity contribution >= 4 is 15.9 Å². The SMILES string of the molecule is C[C@@H](NC1CC(c2ccc(Br)cc2)C1)c1ccncc1. The molecule has 104 valence electrons. The molecule has 1 aromatic carbocycles. The lowest BCUT2D eigenvalue weighted by molar-refractivity contribution is 0.271. The molecule has 2 aromatic rings. The highest BCUT2D eigenvalue weighted by Crippen LogP contribution is 2.38. The molecular formula is C17H19BrN2. The lowest BCUT2D eigenvalue weighted by Crippen LogP contribution is -2.41. The molecule has 2 nitrogen and oxygen atoms in total. The van der Waals surface area contributed by atoms with Crippen LogP contribution < -0.4 is 5.32 Å². The molecule has 3 rings (SSSR count). The van der Waals surface area contributed by atoms with E-state index in [4.69, 9.17) is 0 Å². The molecule has 1 N–H and O–H groups in total. The Labute approximate surface area is 128 Å². The van der Waals surface area contributed by atoms with Crippen LogP contribution in [-0.2, 0) is 0 Å². The Kier molecular flexibility index (Phi) is 4.18. The van der Waals surface area contributed by atoms with E-state index in [2.05, 4.69) is 69.6 Å². The van der Waals surface area contributed by atoms with Crippen LogP contribution >= 0.6 is 15.9 Å². The third-order valence-corrected chi connectivity index (χ3v) is 4.70. The maximum Gasteiger partial charge on any atom is 0.0295 e. The van der Waals surface area contributed by atoms with Crippen LogP contribution in [0.2, 0.25) is 0 Å². The first-order valence-electron chi connectivity index (χ1n) is 7.14. The minimum Gasteiger partial charge on any atom is -0.307 e. The summed E-state index contributed by atoms with van der Waals surface area (Å²) in [5, 5.41) is 3.71. The van der Waals surface area contributed by atoms with Crippen LogP contribution in [0.5, 0.6) is 0 Å². The zero-order valence-corrected chi connectivity index (χ0v) is 13.2. The van der Waals surface area contributed by atoms with Crippen molar-refractivity contribution in [2.45, 2.75) is 37.8 Å². The monoisotopic (exact) mass is 330 g/mol. The van der Waals surface area contributed by atoms with Crippen molar-refractivity contribution in [1.82, 2.24) is 10.3 Å². The summed E-state index contributed by atoms with van der Waals surface area (Å²) in [5.41, 5.74) is 2.77. The van der Waals surface area contributed by atoms with Crippen molar-refractivity contribution < 1.29 is 0 Å². The zero-order chi connectivity index (χ0) is 13.9. The number of benzene rings is 1. The van der Waals surface area contributed by atoms with Gasteiger partial charge in [-0.25, -0.2) is 0 Å². The number of hydrogen-bond donors (Lipinski definition) is 1. The molecule has 0 unspecified atom stereocenters. The highest BCUT2D eigenvalue weighted by molar-refractivity contribution is 9.10. The summed E-state index contributed by atoms with van der Waals surface area (Å²) in [6.07, 6.45) is 6.19. The average Bonchev–Trinajstić information content (AvgIpc) is 2.44. The van der Waals surface area contributed by atoms with Crippen molar-refractivity contribution in [2.24, 2.45) is 0 Å². The van der Waals surface area contributed by atoms with E-state index in [0.717, 1.165) is 4.47 Å². The van der Waals surface area contributed by atoms with Gasteiger partial charge in [0.05, 0.1) is 0 Å². The van der Waals surface area contributed by atoms with Gasteiger partial charge in [0.25, 0.3) is 0 Å². The lowest BCUT2D eigenvalue weighted by Gasteiger charge is -2.38. The van der Waals surface area contributed by atoms with E-state index < -0.39 is 0 Å². The first-order valence-corrected chi connectivity index (χ1v) is 7.93. The first-order chi connectivity index (χ1) is 9.72. The molecule has 1 fully saturated rings. The van der Waals surface area contributed by atoms with Gasteiger partial charge in [-0.2, -0.15) is 0 Å². The van der Waals surface area contributed by atoms with E-state index in [9.17, 15) is 0 Å². The molecule has 3 heteroatoms. The van der Waals surface area contributed by atoms with Gasteiger partial charge in [-0.05, 0) is 61.1 Å². The van der Waals surface area contributed by atoms with E-state index in [1.165, 1.54) is 24.0 Å². The number of nitrogens with zero attached hydrogens (tertiary/aromatic N) is 1. The van der Waals surface area contributed by atoms with Crippen molar-refractivity contribution in [3.05, 3.63) is 64.4 Å². The molecule has 1 aromatic heterocycles. The largest absolute Gasteiger partial charge is 0.307 e. The highest BCUT2D eigenvalue weighted by Gasteiger charge is 2.30. The number of pyridine rings is 1. The van der Waals surface area contributed by atoms with Crippen LogP contribution in [0.15, 0.2) is 53.3 Å². The molecule has 0 aliphatic heterocycles. The molecular weight excluding hydrogens is 312 g/mol. The molecule has 0 bridgehead atoms. The summed E-state index contributed by atoms with van der Waals surface area (Å²) < 4.78 is 1.15. The molecule has 0 radical (unpaired) electrons. The molecule has 0 saturated heterocycles. The Hall–Kier alpha value is -1.19. The quantitative estimate of drug-likeness (QED) is 0.896. The summed E-state index contributed by atoms with van der Waals surface area (Å²) in [6, 6.07) is 13.9. The maximum absolute atomic E-state index is 4.07. The van der Waals surface area contributed by atoms with Crippen LogP contribution in [-0.4, -0.2) is 11.0 Å². The maximum atomic E-state index is 4.07. The van der Waals surface area contributed by atoms with Gasteiger partial charge in [-0.15, -0.1) is 0 Å². The Morgan fingerprint density at radius 1 is 1.10 bits per heavy atom. The fourth-order valence-corrected chi connectivity index (χ4v) is 3.13.